The fourth-order valence-corrected chi connectivity index (χ4v) is 3.61. The number of hydrogen-bond donors (Lipinski definition) is 2. The molecule has 2 N–H and O–H groups in total. The summed E-state index contributed by atoms with van der Waals surface area (Å²) in [6.07, 6.45) is 2.15. The van der Waals surface area contributed by atoms with E-state index in [4.69, 9.17) is 9.47 Å². The Balaban J connectivity index is 1.89. The highest BCUT2D eigenvalue weighted by Gasteiger charge is 2.34. The fraction of sp³-hybridized carbons (Fsp3) is 0.500. The number of hydrogen-bond acceptors (Lipinski definition) is 5. The molecule has 1 atom stereocenters. The first-order valence-corrected chi connectivity index (χ1v) is 9.40. The molecule has 1 fully saturated rings. The van der Waals surface area contributed by atoms with Gasteiger partial charge in [-0.25, -0.2) is 9.59 Å². The normalized spacial score (nSPS) is 21.6. The van der Waals surface area contributed by atoms with E-state index in [9.17, 15) is 9.59 Å². The van der Waals surface area contributed by atoms with Crippen molar-refractivity contribution in [3.05, 3.63) is 47.2 Å². The molecule has 0 spiro atoms. The molecule has 146 valence electrons. The van der Waals surface area contributed by atoms with Crippen molar-refractivity contribution in [2.45, 2.75) is 31.9 Å². The maximum Gasteiger partial charge on any atom is 0.338 e. The van der Waals surface area contributed by atoms with Crippen LogP contribution in [0.2, 0.25) is 0 Å². The van der Waals surface area contributed by atoms with Crippen LogP contribution < -0.4 is 10.6 Å². The lowest BCUT2D eigenvalue weighted by Gasteiger charge is -2.35. The van der Waals surface area contributed by atoms with Crippen LogP contribution in [0.3, 0.4) is 0 Å². The number of carbonyl (C=O) groups excluding carboxylic acids is 2. The smallest absolute Gasteiger partial charge is 0.338 e. The minimum Gasteiger partial charge on any atom is -0.463 e. The molecule has 1 saturated heterocycles. The third-order valence-corrected chi connectivity index (χ3v) is 5.03. The van der Waals surface area contributed by atoms with Gasteiger partial charge in [-0.3, -0.25) is 4.90 Å². The third kappa shape index (κ3) is 4.67. The second kappa shape index (κ2) is 9.01. The van der Waals surface area contributed by atoms with E-state index in [2.05, 4.69) is 15.5 Å². The Morgan fingerprint density at radius 2 is 1.93 bits per heavy atom. The van der Waals surface area contributed by atoms with Crippen molar-refractivity contribution in [3.63, 3.8) is 0 Å². The van der Waals surface area contributed by atoms with Gasteiger partial charge in [-0.05, 0) is 25.3 Å². The Kier molecular flexibility index (Phi) is 6.47. The molecule has 3 rings (SSSR count). The summed E-state index contributed by atoms with van der Waals surface area (Å²) < 4.78 is 10.7. The van der Waals surface area contributed by atoms with Crippen LogP contribution in [0, 0.1) is 0 Å². The zero-order valence-electron chi connectivity index (χ0n) is 15.9. The number of ether oxygens (including phenoxy) is 2. The van der Waals surface area contributed by atoms with Crippen LogP contribution in [0.4, 0.5) is 4.79 Å². The van der Waals surface area contributed by atoms with Crippen molar-refractivity contribution in [1.29, 1.82) is 0 Å². The Morgan fingerprint density at radius 3 is 2.56 bits per heavy atom. The lowest BCUT2D eigenvalue weighted by molar-refractivity contribution is -0.139. The summed E-state index contributed by atoms with van der Waals surface area (Å²) >= 11 is 0. The molecule has 2 amide bonds. The molecule has 27 heavy (non-hydrogen) atoms. The SMILES string of the molecule is CCOC(=O)C1=C(CN2CCC(OC)CC2)NC(=O)NC1c1ccccc1. The lowest BCUT2D eigenvalue weighted by atomic mass is 9.94. The highest BCUT2D eigenvalue weighted by molar-refractivity contribution is 5.95. The van der Waals surface area contributed by atoms with Gasteiger partial charge in [-0.15, -0.1) is 0 Å². The number of esters is 1. The molecular weight excluding hydrogens is 346 g/mol. The number of nitrogens with zero attached hydrogens (tertiary/aromatic N) is 1. The van der Waals surface area contributed by atoms with Crippen LogP contribution >= 0.6 is 0 Å². The molecule has 1 aromatic rings. The molecule has 1 aromatic carbocycles. The van der Waals surface area contributed by atoms with Gasteiger partial charge in [0, 0.05) is 32.4 Å². The molecule has 0 bridgehead atoms. The number of piperidine rings is 1. The minimum absolute atomic E-state index is 0.277. The van der Waals surface area contributed by atoms with Crippen molar-refractivity contribution in [3.8, 4) is 0 Å². The maximum absolute atomic E-state index is 12.7. The highest BCUT2D eigenvalue weighted by atomic mass is 16.5. The summed E-state index contributed by atoms with van der Waals surface area (Å²) in [5.41, 5.74) is 1.93. The first kappa shape index (κ1) is 19.4. The fourth-order valence-electron chi connectivity index (χ4n) is 3.61. The van der Waals surface area contributed by atoms with Gasteiger partial charge in [0.15, 0.2) is 0 Å². The van der Waals surface area contributed by atoms with E-state index in [1.54, 1.807) is 14.0 Å². The van der Waals surface area contributed by atoms with E-state index in [1.165, 1.54) is 0 Å². The number of carbonyl (C=O) groups is 2. The molecular formula is C20H27N3O4. The molecule has 0 radical (unpaired) electrons. The molecule has 2 aliphatic rings. The second-order valence-electron chi connectivity index (χ2n) is 6.77. The molecule has 2 aliphatic heterocycles. The van der Waals surface area contributed by atoms with Crippen LogP contribution in [-0.2, 0) is 14.3 Å². The van der Waals surface area contributed by atoms with Crippen LogP contribution in [0.15, 0.2) is 41.6 Å². The Hall–Kier alpha value is -2.38. The lowest BCUT2D eigenvalue weighted by Crippen LogP contribution is -2.49. The second-order valence-corrected chi connectivity index (χ2v) is 6.77. The quantitative estimate of drug-likeness (QED) is 0.746. The highest BCUT2D eigenvalue weighted by Crippen LogP contribution is 2.28. The van der Waals surface area contributed by atoms with Crippen LogP contribution in [0.1, 0.15) is 31.4 Å². The van der Waals surface area contributed by atoms with E-state index in [-0.39, 0.29) is 18.7 Å². The van der Waals surface area contributed by atoms with Gasteiger partial charge in [0.25, 0.3) is 0 Å². The van der Waals surface area contributed by atoms with Crippen LogP contribution in [0.25, 0.3) is 0 Å². The third-order valence-electron chi connectivity index (χ3n) is 5.03. The molecule has 0 aromatic heterocycles. The average molecular weight is 373 g/mol. The van der Waals surface area contributed by atoms with E-state index in [0.29, 0.717) is 17.8 Å². The molecule has 0 aliphatic carbocycles. The monoisotopic (exact) mass is 373 g/mol. The van der Waals surface area contributed by atoms with Crippen molar-refractivity contribution in [1.82, 2.24) is 15.5 Å². The van der Waals surface area contributed by atoms with Gasteiger partial charge in [-0.2, -0.15) is 0 Å². The van der Waals surface area contributed by atoms with Gasteiger partial charge in [0.2, 0.25) is 0 Å². The van der Waals surface area contributed by atoms with Gasteiger partial charge in [0.1, 0.15) is 0 Å². The van der Waals surface area contributed by atoms with Gasteiger partial charge >= 0.3 is 12.0 Å². The zero-order valence-corrected chi connectivity index (χ0v) is 15.9. The predicted molar refractivity (Wildman–Crippen MR) is 101 cm³/mol. The summed E-state index contributed by atoms with van der Waals surface area (Å²) in [4.78, 5) is 27.2. The van der Waals surface area contributed by atoms with Gasteiger partial charge in [-0.1, -0.05) is 30.3 Å². The molecule has 7 heteroatoms. The van der Waals surface area contributed by atoms with E-state index < -0.39 is 12.0 Å². The molecule has 1 unspecified atom stereocenters. The minimum atomic E-state index is -0.523. The Morgan fingerprint density at radius 1 is 1.22 bits per heavy atom. The molecule has 2 heterocycles. The summed E-state index contributed by atoms with van der Waals surface area (Å²) in [6.45, 7) is 4.28. The van der Waals surface area contributed by atoms with Crippen molar-refractivity contribution in [2.75, 3.05) is 33.4 Å². The Bertz CT molecular complexity index is 696. The zero-order chi connectivity index (χ0) is 19.2. The number of likely N-dealkylation sites (tertiary alicyclic amines) is 1. The number of amides is 2. The van der Waals surface area contributed by atoms with Crippen molar-refractivity contribution >= 4 is 12.0 Å². The van der Waals surface area contributed by atoms with E-state index in [0.717, 1.165) is 31.5 Å². The van der Waals surface area contributed by atoms with Crippen LogP contribution in [-0.4, -0.2) is 56.4 Å². The van der Waals surface area contributed by atoms with E-state index in [1.807, 2.05) is 30.3 Å². The summed E-state index contributed by atoms with van der Waals surface area (Å²) in [7, 11) is 1.74. The number of benzene rings is 1. The first-order valence-electron chi connectivity index (χ1n) is 9.40. The standard InChI is InChI=1S/C20H27N3O4/c1-3-27-19(24)17-16(13-23-11-9-15(26-2)10-12-23)21-20(25)22-18(17)14-7-5-4-6-8-14/h4-8,15,18H,3,9-13H2,1-2H3,(H2,21,22,25). The number of methoxy groups -OCH3 is 1. The van der Waals surface area contributed by atoms with Crippen molar-refractivity contribution < 1.29 is 19.1 Å². The van der Waals surface area contributed by atoms with Crippen molar-refractivity contribution in [2.24, 2.45) is 0 Å². The van der Waals surface area contributed by atoms with Gasteiger partial charge in [0.05, 0.1) is 24.3 Å². The van der Waals surface area contributed by atoms with Crippen LogP contribution in [0.5, 0.6) is 0 Å². The predicted octanol–water partition coefficient (Wildman–Crippen LogP) is 1.97. The average Bonchev–Trinajstić information content (AvgIpc) is 2.69. The topological polar surface area (TPSA) is 79.9 Å². The Labute approximate surface area is 159 Å². The molecule has 7 nitrogen and oxygen atoms in total. The number of nitrogens with one attached hydrogen (secondary N) is 2. The summed E-state index contributed by atoms with van der Waals surface area (Å²) in [6, 6.07) is 8.66. The first-order chi connectivity index (χ1) is 13.1. The summed E-state index contributed by atoms with van der Waals surface area (Å²) in [5, 5.41) is 5.69. The summed E-state index contributed by atoms with van der Waals surface area (Å²) in [5.74, 6) is -0.402. The number of urea groups is 1. The molecule has 0 saturated carbocycles. The number of rotatable bonds is 6. The maximum atomic E-state index is 12.7. The van der Waals surface area contributed by atoms with Gasteiger partial charge < -0.3 is 20.1 Å². The van der Waals surface area contributed by atoms with E-state index >= 15 is 0 Å². The largest absolute Gasteiger partial charge is 0.463 e.